The van der Waals surface area contributed by atoms with Crippen LogP contribution in [0.1, 0.15) is 35.1 Å². The first-order valence-corrected chi connectivity index (χ1v) is 14.3. The minimum Gasteiger partial charge on any atom is -0.736 e. The number of phosphoric acid groups is 1. The van der Waals surface area contributed by atoms with Gasteiger partial charge < -0.3 is 44.6 Å². The normalized spacial score (nSPS) is 11.1. The van der Waals surface area contributed by atoms with Crippen LogP contribution in [0.2, 0.25) is 0 Å². The molecule has 0 aliphatic heterocycles. The van der Waals surface area contributed by atoms with Crippen molar-refractivity contribution in [2.75, 3.05) is 0 Å². The van der Waals surface area contributed by atoms with Gasteiger partial charge in [0, 0.05) is 35.4 Å². The molecule has 0 unspecified atom stereocenters. The third kappa shape index (κ3) is 9.24. The standard InChI is InChI=1S/C30H31O10P.Na/c31-21-15-27(33)25(28(34)16-21)5-1-3-19-7-11-23(12-8-19)39-41(37,38)40-24-13-9-20(10-14-24)4-2-6-26-29(35)17-22(32)18-30(26)36;/h7-18,31-36H,1-6H2,(H,37,38);/q;+1/p-1. The van der Waals surface area contributed by atoms with Crippen LogP contribution < -0.4 is 43.5 Å². The molecule has 216 valence electrons. The van der Waals surface area contributed by atoms with Crippen molar-refractivity contribution in [2.24, 2.45) is 0 Å². The summed E-state index contributed by atoms with van der Waals surface area (Å²) in [4.78, 5) is 12.4. The molecule has 0 saturated heterocycles. The summed E-state index contributed by atoms with van der Waals surface area (Å²) in [5.74, 6) is -1.00. The fourth-order valence-corrected chi connectivity index (χ4v) is 5.21. The molecule has 0 spiro atoms. The van der Waals surface area contributed by atoms with E-state index in [4.69, 9.17) is 9.05 Å². The molecule has 0 radical (unpaired) electrons. The molecule has 0 aliphatic rings. The van der Waals surface area contributed by atoms with Crippen molar-refractivity contribution in [3.63, 3.8) is 0 Å². The van der Waals surface area contributed by atoms with Gasteiger partial charge in [0.05, 0.1) is 0 Å². The van der Waals surface area contributed by atoms with Crippen LogP contribution in [-0.4, -0.2) is 30.6 Å². The summed E-state index contributed by atoms with van der Waals surface area (Å²) in [6, 6.07) is 17.5. The van der Waals surface area contributed by atoms with Gasteiger partial charge in [0.2, 0.25) is 0 Å². The van der Waals surface area contributed by atoms with E-state index >= 15 is 0 Å². The molecular formula is C30H30NaO10P. The van der Waals surface area contributed by atoms with Crippen LogP contribution in [0, 0.1) is 0 Å². The van der Waals surface area contributed by atoms with Gasteiger partial charge in [0.15, 0.2) is 0 Å². The molecule has 0 atom stereocenters. The van der Waals surface area contributed by atoms with Gasteiger partial charge in [-0.2, -0.15) is 0 Å². The first-order chi connectivity index (χ1) is 19.5. The Morgan fingerprint density at radius 3 is 1.17 bits per heavy atom. The van der Waals surface area contributed by atoms with Crippen LogP contribution in [0.4, 0.5) is 0 Å². The molecule has 6 N–H and O–H groups in total. The average Bonchev–Trinajstić information content (AvgIpc) is 2.88. The van der Waals surface area contributed by atoms with Crippen molar-refractivity contribution in [1.82, 2.24) is 0 Å². The third-order valence-corrected chi connectivity index (χ3v) is 7.31. The van der Waals surface area contributed by atoms with Crippen LogP contribution >= 0.6 is 7.82 Å². The Kier molecular flexibility index (Phi) is 11.4. The van der Waals surface area contributed by atoms with E-state index in [1.807, 2.05) is 0 Å². The zero-order valence-corrected chi connectivity index (χ0v) is 25.8. The van der Waals surface area contributed by atoms with E-state index in [-0.39, 0.29) is 75.6 Å². The van der Waals surface area contributed by atoms with Crippen molar-refractivity contribution in [1.29, 1.82) is 0 Å². The minimum absolute atomic E-state index is 0. The molecule has 10 nitrogen and oxygen atoms in total. The molecule has 0 amide bonds. The summed E-state index contributed by atoms with van der Waals surface area (Å²) in [5.41, 5.74) is 2.47. The molecule has 0 aliphatic carbocycles. The zero-order valence-electron chi connectivity index (χ0n) is 22.9. The van der Waals surface area contributed by atoms with Crippen molar-refractivity contribution in [2.45, 2.75) is 38.5 Å². The molecule has 0 bridgehead atoms. The summed E-state index contributed by atoms with van der Waals surface area (Å²) in [6.07, 6.45) is 3.12. The monoisotopic (exact) mass is 604 g/mol. The Morgan fingerprint density at radius 2 is 0.857 bits per heavy atom. The first-order valence-electron chi connectivity index (χ1n) is 12.8. The first kappa shape index (κ1) is 33.0. The SMILES string of the molecule is O=P([O-])(Oc1ccc(CCCc2c(O)cc(O)cc2O)cc1)Oc1ccc(CCCc2c(O)cc(O)cc2O)cc1.[Na+]. The number of phenolic OH excluding ortho intramolecular Hbond substituents is 6. The van der Waals surface area contributed by atoms with Crippen LogP contribution in [0.3, 0.4) is 0 Å². The number of aromatic hydroxyl groups is 6. The Bertz CT molecular complexity index is 1380. The smallest absolute Gasteiger partial charge is 0.736 e. The largest absolute Gasteiger partial charge is 1.00 e. The summed E-state index contributed by atoms with van der Waals surface area (Å²) < 4.78 is 22.6. The van der Waals surface area contributed by atoms with Crippen LogP contribution in [0.5, 0.6) is 46.0 Å². The van der Waals surface area contributed by atoms with Gasteiger partial charge in [-0.3, -0.25) is 0 Å². The molecule has 0 saturated carbocycles. The van der Waals surface area contributed by atoms with Crippen LogP contribution in [0.15, 0.2) is 72.8 Å². The second-order valence-electron chi connectivity index (χ2n) is 9.55. The number of phenols is 6. The maximum atomic E-state index is 12.4. The number of hydrogen-bond acceptors (Lipinski definition) is 10. The van der Waals surface area contributed by atoms with E-state index in [0.29, 0.717) is 49.7 Å². The quantitative estimate of drug-likeness (QED) is 0.104. The van der Waals surface area contributed by atoms with Gasteiger partial charge >= 0.3 is 37.4 Å². The predicted molar refractivity (Wildman–Crippen MR) is 149 cm³/mol. The third-order valence-electron chi connectivity index (χ3n) is 6.44. The van der Waals surface area contributed by atoms with E-state index < -0.39 is 7.82 Å². The molecule has 12 heteroatoms. The maximum absolute atomic E-state index is 12.4. The van der Waals surface area contributed by atoms with E-state index in [2.05, 4.69) is 0 Å². The van der Waals surface area contributed by atoms with E-state index in [1.165, 1.54) is 48.5 Å². The van der Waals surface area contributed by atoms with Crippen molar-refractivity contribution >= 4 is 7.82 Å². The summed E-state index contributed by atoms with van der Waals surface area (Å²) in [7, 11) is -4.72. The van der Waals surface area contributed by atoms with Gasteiger partial charge in [-0.25, -0.2) is 4.57 Å². The van der Waals surface area contributed by atoms with Crippen LogP contribution in [-0.2, 0) is 30.2 Å². The van der Waals surface area contributed by atoms with Gasteiger partial charge in [-0.15, -0.1) is 0 Å². The van der Waals surface area contributed by atoms with Crippen molar-refractivity contribution in [3.05, 3.63) is 95.1 Å². The second-order valence-corrected chi connectivity index (χ2v) is 10.8. The number of benzene rings is 4. The van der Waals surface area contributed by atoms with Gasteiger partial charge in [-0.05, 0) is 73.9 Å². The molecule has 42 heavy (non-hydrogen) atoms. The van der Waals surface area contributed by atoms with Crippen LogP contribution in [0.25, 0.3) is 0 Å². The number of rotatable bonds is 12. The summed E-state index contributed by atoms with van der Waals surface area (Å²) in [6.45, 7) is 0. The maximum Gasteiger partial charge on any atom is 1.00 e. The Balaban J connectivity index is 0.00000484. The Hall–Kier alpha value is -3.53. The molecular weight excluding hydrogens is 574 g/mol. The average molecular weight is 605 g/mol. The fourth-order valence-electron chi connectivity index (χ4n) is 4.42. The molecule has 4 aromatic rings. The number of hydrogen-bond donors (Lipinski definition) is 6. The Labute approximate surface area is 265 Å². The van der Waals surface area contributed by atoms with Crippen molar-refractivity contribution in [3.8, 4) is 46.0 Å². The van der Waals surface area contributed by atoms with E-state index in [9.17, 15) is 40.1 Å². The van der Waals surface area contributed by atoms with E-state index in [1.54, 1.807) is 24.3 Å². The van der Waals surface area contributed by atoms with E-state index in [0.717, 1.165) is 11.1 Å². The number of phosphoric ester groups is 1. The second kappa shape index (κ2) is 14.6. The molecule has 4 aromatic carbocycles. The minimum atomic E-state index is -4.72. The predicted octanol–water partition coefficient (Wildman–Crippen LogP) is 2.20. The molecule has 4 rings (SSSR count). The van der Waals surface area contributed by atoms with Gasteiger partial charge in [-0.1, -0.05) is 24.3 Å². The molecule has 0 aromatic heterocycles. The van der Waals surface area contributed by atoms with Gasteiger partial charge in [0.1, 0.15) is 46.0 Å². The fraction of sp³-hybridized carbons (Fsp3) is 0.200. The van der Waals surface area contributed by atoms with Gasteiger partial charge in [0.25, 0.3) is 0 Å². The molecule has 0 heterocycles. The summed E-state index contributed by atoms with van der Waals surface area (Å²) in [5, 5.41) is 58.4. The zero-order chi connectivity index (χ0) is 29.6. The number of aryl methyl sites for hydroxylation is 2. The molecule has 0 fully saturated rings. The summed E-state index contributed by atoms with van der Waals surface area (Å²) >= 11 is 0. The van der Waals surface area contributed by atoms with Crippen molar-refractivity contribution < 1.29 is 78.7 Å². The topological polar surface area (TPSA) is 180 Å². The Morgan fingerprint density at radius 1 is 0.548 bits per heavy atom.